The lowest BCUT2D eigenvalue weighted by Crippen LogP contribution is -2.59. The number of ether oxygens (including phenoxy) is 5. The summed E-state index contributed by atoms with van der Waals surface area (Å²) in [6.07, 6.45) is -0.596. The van der Waals surface area contributed by atoms with E-state index in [1.54, 1.807) is 46.4 Å². The standard InChI is InChI=1S/C49H55F5N8O8S/c1-24-17-25-9-10-28(22-67-45(64)59-16-15-49(53,54)23-59)61(19-24)42(25)68-43-56-37-34(40(57-43)60-20-26-11-12-27(21-60)62(26)46(65)70-48(5,6)7)38(66-8)36(52)33(35(37)51)29-13-14-31(50)39-32(29)30(18-55)41(71-39)58-44(63)69-47(2,3)4/h13-14,25-28,42H,1,9-12,15-17,19-23H2,2-8H3,(H,58,63)/t25-,26?,27?,28+,42?/m1/s1. The average molecular weight is 1010 g/mol. The molecule has 9 rings (SSSR count). The molecule has 4 unspecified atom stereocenters. The molecule has 5 aliphatic rings. The average Bonchev–Trinajstić information content (AvgIpc) is 3.92. The number of amides is 3. The van der Waals surface area contributed by atoms with Gasteiger partial charge in [0.2, 0.25) is 0 Å². The van der Waals surface area contributed by atoms with Crippen LogP contribution in [0.2, 0.25) is 0 Å². The van der Waals surface area contributed by atoms with E-state index in [0.29, 0.717) is 50.0 Å². The summed E-state index contributed by atoms with van der Waals surface area (Å²) in [6, 6.07) is 2.61. The minimum Gasteiger partial charge on any atom is -0.493 e. The normalized spacial score (nSPS) is 24.0. The summed E-state index contributed by atoms with van der Waals surface area (Å²) in [4.78, 5) is 55.3. The molecule has 5 fully saturated rings. The van der Waals surface area contributed by atoms with Gasteiger partial charge in [-0.25, -0.2) is 36.3 Å². The van der Waals surface area contributed by atoms with E-state index in [9.17, 15) is 28.4 Å². The first kappa shape index (κ1) is 49.8. The lowest BCUT2D eigenvalue weighted by atomic mass is 9.82. The van der Waals surface area contributed by atoms with E-state index >= 15 is 13.2 Å². The lowest BCUT2D eigenvalue weighted by Gasteiger charge is -2.49. The number of thiophene rings is 1. The molecule has 0 spiro atoms. The predicted molar refractivity (Wildman–Crippen MR) is 252 cm³/mol. The second-order valence-corrected chi connectivity index (χ2v) is 21.9. The highest BCUT2D eigenvalue weighted by atomic mass is 32.1. The van der Waals surface area contributed by atoms with E-state index in [1.165, 1.54) is 7.11 Å². The van der Waals surface area contributed by atoms with E-state index in [4.69, 9.17) is 28.7 Å². The monoisotopic (exact) mass is 1010 g/mol. The fourth-order valence-corrected chi connectivity index (χ4v) is 11.6. The van der Waals surface area contributed by atoms with Crippen LogP contribution >= 0.6 is 11.3 Å². The maximum atomic E-state index is 18.0. The van der Waals surface area contributed by atoms with E-state index in [0.717, 1.165) is 22.6 Å². The van der Waals surface area contributed by atoms with Crippen molar-refractivity contribution >= 4 is 61.4 Å². The Balaban J connectivity index is 1.15. The summed E-state index contributed by atoms with van der Waals surface area (Å²) in [5.41, 5.74) is -2.48. The summed E-state index contributed by atoms with van der Waals surface area (Å²) in [5.74, 6) is -6.86. The number of nitrogens with zero attached hydrogens (tertiary/aromatic N) is 7. The van der Waals surface area contributed by atoms with Crippen molar-refractivity contribution in [3.8, 4) is 29.0 Å². The van der Waals surface area contributed by atoms with Crippen LogP contribution in [0.3, 0.4) is 0 Å². The Morgan fingerprint density at radius 1 is 0.958 bits per heavy atom. The minimum absolute atomic E-state index is 0.0431. The zero-order valence-electron chi connectivity index (χ0n) is 40.4. The molecule has 16 nitrogen and oxygen atoms in total. The molecule has 0 saturated carbocycles. The first-order valence-corrected chi connectivity index (χ1v) is 24.3. The van der Waals surface area contributed by atoms with Gasteiger partial charge in [0, 0.05) is 49.9 Å². The number of piperidine rings is 2. The predicted octanol–water partition coefficient (Wildman–Crippen LogP) is 9.97. The molecule has 1 N–H and O–H groups in total. The molecule has 4 bridgehead atoms. The zero-order chi connectivity index (χ0) is 51.1. The molecule has 6 atom stereocenters. The van der Waals surface area contributed by atoms with Crippen LogP contribution in [-0.2, 0) is 14.2 Å². The number of alkyl halides is 2. The molecule has 71 heavy (non-hydrogen) atoms. The number of rotatable bonds is 8. The molecule has 3 amide bonds. The van der Waals surface area contributed by atoms with Gasteiger partial charge >= 0.3 is 24.3 Å². The van der Waals surface area contributed by atoms with Gasteiger partial charge in [-0.05, 0) is 85.3 Å². The van der Waals surface area contributed by atoms with Crippen molar-refractivity contribution in [2.45, 2.75) is 122 Å². The van der Waals surface area contributed by atoms with Crippen molar-refractivity contribution in [2.24, 2.45) is 5.92 Å². The largest absolute Gasteiger partial charge is 0.493 e. The van der Waals surface area contributed by atoms with E-state index in [2.05, 4.69) is 16.9 Å². The van der Waals surface area contributed by atoms with Crippen LogP contribution in [0.15, 0.2) is 24.3 Å². The van der Waals surface area contributed by atoms with Crippen LogP contribution in [0.1, 0.15) is 85.6 Å². The first-order chi connectivity index (χ1) is 33.4. The maximum Gasteiger partial charge on any atom is 0.412 e. The fourth-order valence-electron chi connectivity index (χ4n) is 10.5. The lowest BCUT2D eigenvalue weighted by molar-refractivity contribution is -0.103. The molecule has 380 valence electrons. The summed E-state index contributed by atoms with van der Waals surface area (Å²) >= 11 is 0.692. The molecule has 2 aromatic carbocycles. The number of likely N-dealkylation sites (tertiary alicyclic amines) is 1. The first-order valence-electron chi connectivity index (χ1n) is 23.5. The molecule has 0 aliphatic carbocycles. The van der Waals surface area contributed by atoms with Gasteiger partial charge in [0.1, 0.15) is 46.0 Å². The van der Waals surface area contributed by atoms with Crippen molar-refractivity contribution in [1.82, 2.24) is 24.7 Å². The van der Waals surface area contributed by atoms with Crippen LogP contribution in [0.25, 0.3) is 32.1 Å². The molecule has 4 aromatic rings. The van der Waals surface area contributed by atoms with Gasteiger partial charge in [-0.15, -0.1) is 11.3 Å². The third kappa shape index (κ3) is 9.66. The van der Waals surface area contributed by atoms with Gasteiger partial charge in [0.15, 0.2) is 23.6 Å². The Morgan fingerprint density at radius 2 is 1.66 bits per heavy atom. The Bertz CT molecular complexity index is 2870. The highest BCUT2D eigenvalue weighted by molar-refractivity contribution is 7.23. The highest BCUT2D eigenvalue weighted by Gasteiger charge is 2.48. The third-order valence-corrected chi connectivity index (χ3v) is 14.5. The highest BCUT2D eigenvalue weighted by Crippen LogP contribution is 2.49. The second-order valence-electron chi connectivity index (χ2n) is 20.8. The number of halogens is 5. The Hall–Kier alpha value is -6.21. The molecular formula is C49H55F5N8O8S. The van der Waals surface area contributed by atoms with Crippen LogP contribution in [-0.4, -0.2) is 131 Å². The topological polar surface area (TPSA) is 172 Å². The van der Waals surface area contributed by atoms with Crippen molar-refractivity contribution < 1.29 is 60.0 Å². The number of nitrogens with one attached hydrogen (secondary N) is 1. The molecule has 5 aliphatic heterocycles. The molecule has 7 heterocycles. The van der Waals surface area contributed by atoms with Gasteiger partial charge in [-0.1, -0.05) is 18.2 Å². The maximum absolute atomic E-state index is 18.0. The SMILES string of the molecule is C=C1C[C@H]2CC[C@@H](COC(=O)N3CCC(F)(F)C3)N(C1)C2Oc1nc(N2CC3CCC(C2)N3C(=O)OC(C)(C)C)c2c(OC)c(F)c(-c3ccc(F)c4sc(NC(=O)OC(C)(C)C)c(C#N)c34)c(F)c2n1. The number of hydrogen-bond acceptors (Lipinski definition) is 14. The molecule has 0 radical (unpaired) electrons. The second kappa shape index (κ2) is 18.4. The van der Waals surface area contributed by atoms with Crippen LogP contribution in [0.5, 0.6) is 11.8 Å². The Morgan fingerprint density at radius 3 is 2.30 bits per heavy atom. The van der Waals surface area contributed by atoms with Crippen molar-refractivity contribution in [2.75, 3.05) is 56.7 Å². The number of piperazine rings is 1. The number of carbonyl (C=O) groups excluding carboxylic acids is 3. The third-order valence-electron chi connectivity index (χ3n) is 13.4. The summed E-state index contributed by atoms with van der Waals surface area (Å²) in [5, 5.41) is 12.5. The zero-order valence-corrected chi connectivity index (χ0v) is 41.2. The van der Waals surface area contributed by atoms with Crippen LogP contribution < -0.4 is 19.7 Å². The van der Waals surface area contributed by atoms with E-state index < -0.39 is 94.9 Å². The van der Waals surface area contributed by atoms with Crippen LogP contribution in [0.4, 0.5) is 47.2 Å². The summed E-state index contributed by atoms with van der Waals surface area (Å²) < 4.78 is 108. The minimum atomic E-state index is -3.00. The van der Waals surface area contributed by atoms with Gasteiger partial charge in [0.25, 0.3) is 5.92 Å². The molecule has 5 saturated heterocycles. The summed E-state index contributed by atoms with van der Waals surface area (Å²) in [7, 11) is 1.19. The van der Waals surface area contributed by atoms with Crippen LogP contribution in [0, 0.1) is 34.7 Å². The number of carbonyl (C=O) groups is 3. The quantitative estimate of drug-likeness (QED) is 0.101. The fraction of sp³-hybridized carbons (Fsp3) is 0.551. The van der Waals surface area contributed by atoms with Gasteiger partial charge in [-0.2, -0.15) is 15.2 Å². The van der Waals surface area contributed by atoms with Crippen molar-refractivity contribution in [3.05, 3.63) is 47.3 Å². The molecular weight excluding hydrogens is 956 g/mol. The van der Waals surface area contributed by atoms with Crippen molar-refractivity contribution in [3.63, 3.8) is 0 Å². The smallest absolute Gasteiger partial charge is 0.412 e. The van der Waals surface area contributed by atoms with Crippen molar-refractivity contribution in [1.29, 1.82) is 5.26 Å². The van der Waals surface area contributed by atoms with Gasteiger partial charge in [-0.3, -0.25) is 15.1 Å². The molecule has 22 heteroatoms. The number of methoxy groups -OCH3 is 1. The molecule has 2 aromatic heterocycles. The van der Waals surface area contributed by atoms with Gasteiger partial charge in [0.05, 0.1) is 47.0 Å². The number of fused-ring (bicyclic) bond motifs is 6. The van der Waals surface area contributed by atoms with Gasteiger partial charge < -0.3 is 33.5 Å². The number of benzene rings is 2. The Kier molecular flexibility index (Phi) is 12.9. The number of nitriles is 1. The Labute approximate surface area is 410 Å². The number of anilines is 2. The van der Waals surface area contributed by atoms with E-state index in [1.807, 2.05) is 15.9 Å². The van der Waals surface area contributed by atoms with E-state index in [-0.39, 0.29) is 87.7 Å². The summed E-state index contributed by atoms with van der Waals surface area (Å²) in [6.45, 7) is 14.1. The number of aromatic nitrogens is 2. The number of hydrogen-bond donors (Lipinski definition) is 1.